The molecule has 6 nitrogen and oxygen atoms in total. The largest absolute Gasteiger partial charge is 0.366 e. The zero-order valence-corrected chi connectivity index (χ0v) is 16.6. The number of benzene rings is 3. The Labute approximate surface area is 173 Å². The number of rotatable bonds is 4. The molecule has 2 heterocycles. The first-order valence-electron chi connectivity index (χ1n) is 9.67. The van der Waals surface area contributed by atoms with Crippen LogP contribution in [0.15, 0.2) is 66.9 Å². The van der Waals surface area contributed by atoms with E-state index in [-0.39, 0.29) is 18.0 Å². The van der Waals surface area contributed by atoms with Gasteiger partial charge in [0.15, 0.2) is 0 Å². The third kappa shape index (κ3) is 2.76. The minimum atomic E-state index is -0.586. The summed E-state index contributed by atoms with van der Waals surface area (Å²) in [6.45, 7) is 4.26. The van der Waals surface area contributed by atoms with Gasteiger partial charge in [0.1, 0.15) is 0 Å². The quantitative estimate of drug-likeness (QED) is 0.537. The molecule has 1 aliphatic rings. The zero-order valence-electron chi connectivity index (χ0n) is 16.6. The number of primary amides is 1. The van der Waals surface area contributed by atoms with Crippen molar-refractivity contribution in [3.05, 3.63) is 78.0 Å². The number of aryl methyl sites for hydroxylation is 1. The minimum absolute atomic E-state index is 0.100. The molecule has 0 aliphatic carbocycles. The summed E-state index contributed by atoms with van der Waals surface area (Å²) in [4.78, 5) is 25.8. The standard InChI is InChI=1S/C24H20N4O2/c1-14(23(25)29)12-28-13-21-19(24(28)30)7-5-15-3-4-17(10-20(15)21)16-6-8-22-18(9-16)11-26-27(22)2/h3-11H,1,12-13H2,2H3,(H2,25,29). The molecule has 2 amide bonds. The van der Waals surface area contributed by atoms with Crippen molar-refractivity contribution in [1.29, 1.82) is 0 Å². The van der Waals surface area contributed by atoms with E-state index in [2.05, 4.69) is 48.1 Å². The van der Waals surface area contributed by atoms with Crippen LogP contribution in [0.3, 0.4) is 0 Å². The van der Waals surface area contributed by atoms with E-state index in [9.17, 15) is 9.59 Å². The maximum absolute atomic E-state index is 12.8. The lowest BCUT2D eigenvalue weighted by Gasteiger charge is -2.15. The topological polar surface area (TPSA) is 81.2 Å². The molecule has 4 aromatic rings. The average molecular weight is 396 g/mol. The lowest BCUT2D eigenvalue weighted by atomic mass is 9.96. The Morgan fingerprint density at radius 1 is 1.10 bits per heavy atom. The molecule has 0 fully saturated rings. The molecule has 0 unspecified atom stereocenters. The van der Waals surface area contributed by atoms with Crippen LogP contribution in [0.4, 0.5) is 0 Å². The molecular formula is C24H20N4O2. The van der Waals surface area contributed by atoms with Crippen molar-refractivity contribution < 1.29 is 9.59 Å². The number of carbonyl (C=O) groups excluding carboxylic acids is 2. The number of aromatic nitrogens is 2. The molecular weight excluding hydrogens is 376 g/mol. The van der Waals surface area contributed by atoms with Gasteiger partial charge in [0.2, 0.25) is 5.91 Å². The first kappa shape index (κ1) is 18.1. The van der Waals surface area contributed by atoms with Crippen LogP contribution in [0.1, 0.15) is 15.9 Å². The normalized spacial score (nSPS) is 13.2. The Kier molecular flexibility index (Phi) is 3.96. The van der Waals surface area contributed by atoms with Crippen LogP contribution in [0.2, 0.25) is 0 Å². The van der Waals surface area contributed by atoms with Crippen LogP contribution in [0.25, 0.3) is 32.8 Å². The van der Waals surface area contributed by atoms with E-state index in [1.54, 1.807) is 4.90 Å². The molecule has 0 atom stereocenters. The van der Waals surface area contributed by atoms with Gasteiger partial charge in [-0.1, -0.05) is 30.8 Å². The molecule has 0 saturated carbocycles. The fourth-order valence-corrected chi connectivity index (χ4v) is 4.14. The second kappa shape index (κ2) is 6.56. The first-order chi connectivity index (χ1) is 14.4. The van der Waals surface area contributed by atoms with E-state index in [0.717, 1.165) is 38.4 Å². The Morgan fingerprint density at radius 2 is 1.83 bits per heavy atom. The molecule has 30 heavy (non-hydrogen) atoms. The van der Waals surface area contributed by atoms with Gasteiger partial charge in [-0.3, -0.25) is 14.3 Å². The Hall–Kier alpha value is -3.93. The Bertz CT molecular complexity index is 1380. The van der Waals surface area contributed by atoms with Gasteiger partial charge in [-0.2, -0.15) is 5.10 Å². The zero-order chi connectivity index (χ0) is 21.0. The summed E-state index contributed by atoms with van der Waals surface area (Å²) in [5.41, 5.74) is 10.4. The molecule has 3 aromatic carbocycles. The monoisotopic (exact) mass is 396 g/mol. The second-order valence-corrected chi connectivity index (χ2v) is 7.70. The van der Waals surface area contributed by atoms with Gasteiger partial charge in [0.05, 0.1) is 18.3 Å². The number of nitrogens with zero attached hydrogens (tertiary/aromatic N) is 3. The van der Waals surface area contributed by atoms with Gasteiger partial charge < -0.3 is 10.6 Å². The maximum Gasteiger partial charge on any atom is 0.254 e. The van der Waals surface area contributed by atoms with Crippen LogP contribution in [-0.4, -0.2) is 33.0 Å². The minimum Gasteiger partial charge on any atom is -0.366 e. The molecule has 1 aromatic heterocycles. The van der Waals surface area contributed by atoms with Crippen molar-refractivity contribution in [3.63, 3.8) is 0 Å². The third-order valence-electron chi connectivity index (χ3n) is 5.81. The van der Waals surface area contributed by atoms with Crippen molar-refractivity contribution >= 4 is 33.5 Å². The molecule has 0 spiro atoms. The Morgan fingerprint density at radius 3 is 2.63 bits per heavy atom. The molecule has 148 valence electrons. The average Bonchev–Trinajstić information content (AvgIpc) is 3.27. The summed E-state index contributed by atoms with van der Waals surface area (Å²) in [5, 5.41) is 7.51. The highest BCUT2D eigenvalue weighted by molar-refractivity contribution is 6.06. The van der Waals surface area contributed by atoms with Crippen LogP contribution >= 0.6 is 0 Å². The number of nitrogens with two attached hydrogens (primary N) is 1. The molecule has 5 rings (SSSR count). The summed E-state index contributed by atoms with van der Waals surface area (Å²) < 4.78 is 1.85. The lowest BCUT2D eigenvalue weighted by Crippen LogP contribution is -2.30. The van der Waals surface area contributed by atoms with Gasteiger partial charge in [-0.05, 0) is 51.7 Å². The van der Waals surface area contributed by atoms with E-state index < -0.39 is 5.91 Å². The summed E-state index contributed by atoms with van der Waals surface area (Å²) >= 11 is 0. The van der Waals surface area contributed by atoms with Crippen LogP contribution in [0.5, 0.6) is 0 Å². The van der Waals surface area contributed by atoms with Crippen molar-refractivity contribution in [2.45, 2.75) is 6.54 Å². The van der Waals surface area contributed by atoms with E-state index >= 15 is 0 Å². The number of hydrogen-bond donors (Lipinski definition) is 1. The molecule has 1 aliphatic heterocycles. The first-order valence-corrected chi connectivity index (χ1v) is 9.67. The highest BCUT2D eigenvalue weighted by Crippen LogP contribution is 2.34. The fraction of sp³-hybridized carbons (Fsp3) is 0.125. The summed E-state index contributed by atoms with van der Waals surface area (Å²) in [6, 6.07) is 16.4. The molecule has 0 saturated heterocycles. The molecule has 6 heteroatoms. The number of fused-ring (bicyclic) bond motifs is 4. The van der Waals surface area contributed by atoms with Crippen molar-refractivity contribution in [1.82, 2.24) is 14.7 Å². The molecule has 0 radical (unpaired) electrons. The predicted octanol–water partition coefficient (Wildman–Crippen LogP) is 3.39. The SMILES string of the molecule is C=C(CN1Cc2c(ccc3ccc(-c4ccc5c(cnn5C)c4)cc23)C1=O)C(N)=O. The number of carbonyl (C=O) groups is 2. The van der Waals surface area contributed by atoms with E-state index in [4.69, 9.17) is 5.73 Å². The van der Waals surface area contributed by atoms with Crippen molar-refractivity contribution in [2.24, 2.45) is 12.8 Å². The van der Waals surface area contributed by atoms with Crippen LogP contribution < -0.4 is 5.73 Å². The lowest BCUT2D eigenvalue weighted by molar-refractivity contribution is -0.114. The van der Waals surface area contributed by atoms with Gasteiger partial charge in [0.25, 0.3) is 5.91 Å². The van der Waals surface area contributed by atoms with Gasteiger partial charge in [-0.15, -0.1) is 0 Å². The predicted molar refractivity (Wildman–Crippen MR) is 117 cm³/mol. The highest BCUT2D eigenvalue weighted by Gasteiger charge is 2.29. The van der Waals surface area contributed by atoms with Crippen LogP contribution in [-0.2, 0) is 18.4 Å². The Balaban J connectivity index is 1.58. The van der Waals surface area contributed by atoms with Gasteiger partial charge >= 0.3 is 0 Å². The smallest absolute Gasteiger partial charge is 0.254 e. The fourth-order valence-electron chi connectivity index (χ4n) is 4.14. The van der Waals surface area contributed by atoms with Gasteiger partial charge in [0, 0.05) is 30.1 Å². The van der Waals surface area contributed by atoms with Crippen molar-refractivity contribution in [3.8, 4) is 11.1 Å². The van der Waals surface area contributed by atoms with E-state index in [1.165, 1.54) is 0 Å². The molecule has 0 bridgehead atoms. The van der Waals surface area contributed by atoms with Crippen LogP contribution in [0, 0.1) is 0 Å². The summed E-state index contributed by atoms with van der Waals surface area (Å²) in [5.74, 6) is -0.687. The van der Waals surface area contributed by atoms with Gasteiger partial charge in [-0.25, -0.2) is 0 Å². The van der Waals surface area contributed by atoms with E-state index in [1.807, 2.05) is 30.1 Å². The van der Waals surface area contributed by atoms with Crippen molar-refractivity contribution in [2.75, 3.05) is 6.54 Å². The number of amides is 2. The summed E-state index contributed by atoms with van der Waals surface area (Å²) in [6.07, 6.45) is 1.86. The van der Waals surface area contributed by atoms with E-state index in [0.29, 0.717) is 12.1 Å². The highest BCUT2D eigenvalue weighted by atomic mass is 16.2. The molecule has 2 N–H and O–H groups in total. The second-order valence-electron chi connectivity index (χ2n) is 7.70. The number of hydrogen-bond acceptors (Lipinski definition) is 3. The summed E-state index contributed by atoms with van der Waals surface area (Å²) in [7, 11) is 1.93. The maximum atomic E-state index is 12.8. The third-order valence-corrected chi connectivity index (χ3v) is 5.81.